The number of carbonyl (C=O) groups is 2. The molecule has 0 heterocycles. The molecule has 0 saturated carbocycles. The van der Waals surface area contributed by atoms with Crippen LogP contribution in [0.1, 0.15) is 117 Å². The highest BCUT2D eigenvalue weighted by Crippen LogP contribution is 2.13. The molecule has 0 saturated heterocycles. The van der Waals surface area contributed by atoms with Crippen LogP contribution in [0.25, 0.3) is 0 Å². The summed E-state index contributed by atoms with van der Waals surface area (Å²) in [6.45, 7) is 6.92. The maximum atomic E-state index is 11.3. The molecule has 166 valence electrons. The number of hydrogen-bond donors (Lipinski definition) is 2. The lowest BCUT2D eigenvalue weighted by Crippen LogP contribution is -2.23. The zero-order valence-electron chi connectivity index (χ0n) is 18.4. The summed E-state index contributed by atoms with van der Waals surface area (Å²) in [4.78, 5) is 20.5. The first-order valence-electron chi connectivity index (χ1n) is 11.2. The molecule has 0 aromatic heterocycles. The van der Waals surface area contributed by atoms with Crippen molar-refractivity contribution in [2.45, 2.75) is 123 Å². The molecule has 5 heteroatoms. The fraction of sp³-hybridized carbons (Fsp3) is 0.826. The van der Waals surface area contributed by atoms with Gasteiger partial charge in [0.25, 0.3) is 0 Å². The first kappa shape index (κ1) is 28.8. The van der Waals surface area contributed by atoms with Gasteiger partial charge in [0.05, 0.1) is 0 Å². The smallest absolute Gasteiger partial charge is 0.327 e. The van der Waals surface area contributed by atoms with Crippen LogP contribution in [0.4, 0.5) is 0 Å². The third kappa shape index (κ3) is 29.4. The summed E-state index contributed by atoms with van der Waals surface area (Å²) >= 11 is 0. The lowest BCUT2D eigenvalue weighted by atomic mass is 10.0. The summed E-state index contributed by atoms with van der Waals surface area (Å²) in [6.07, 6.45) is 20.9. The van der Waals surface area contributed by atoms with E-state index in [1.165, 1.54) is 83.5 Å². The van der Waals surface area contributed by atoms with Crippen molar-refractivity contribution < 1.29 is 19.4 Å². The molecule has 3 N–H and O–H groups in total. The molecule has 28 heavy (non-hydrogen) atoms. The second-order valence-electron chi connectivity index (χ2n) is 7.44. The van der Waals surface area contributed by atoms with Crippen molar-refractivity contribution in [1.82, 2.24) is 0 Å². The predicted octanol–water partition coefficient (Wildman–Crippen LogP) is 6.35. The van der Waals surface area contributed by atoms with Crippen molar-refractivity contribution in [3.05, 3.63) is 12.7 Å². The van der Waals surface area contributed by atoms with Crippen molar-refractivity contribution in [3.8, 4) is 0 Å². The highest BCUT2D eigenvalue weighted by atomic mass is 16.5. The van der Waals surface area contributed by atoms with Gasteiger partial charge in [-0.1, -0.05) is 103 Å². The third-order valence-electron chi connectivity index (χ3n) is 4.48. The monoisotopic (exact) mass is 399 g/mol. The zero-order chi connectivity index (χ0) is 21.5. The molecule has 0 rings (SSSR count). The second kappa shape index (κ2) is 23.7. The van der Waals surface area contributed by atoms with E-state index in [4.69, 9.17) is 15.6 Å². The molecule has 0 spiro atoms. The Morgan fingerprint density at radius 1 is 0.857 bits per heavy atom. The topological polar surface area (TPSA) is 89.6 Å². The van der Waals surface area contributed by atoms with Crippen LogP contribution in [0.5, 0.6) is 0 Å². The van der Waals surface area contributed by atoms with Gasteiger partial charge < -0.3 is 9.84 Å². The van der Waals surface area contributed by atoms with Crippen LogP contribution >= 0.6 is 0 Å². The molecule has 1 atom stereocenters. The summed E-state index contributed by atoms with van der Waals surface area (Å²) in [6, 6.07) is 0. The Hall–Kier alpha value is -1.36. The number of carboxylic acid groups (broad SMARTS) is 1. The first-order valence-corrected chi connectivity index (χ1v) is 11.2. The third-order valence-corrected chi connectivity index (χ3v) is 4.48. The van der Waals surface area contributed by atoms with Gasteiger partial charge in [0.15, 0.2) is 0 Å². The normalized spacial score (nSPS) is 11.2. The Kier molecular flexibility index (Phi) is 24.4. The van der Waals surface area contributed by atoms with Gasteiger partial charge in [-0.3, -0.25) is 10.5 Å². The van der Waals surface area contributed by atoms with Crippen molar-refractivity contribution >= 4 is 11.9 Å². The number of carbonyl (C=O) groups excluding carboxylic acids is 1. The quantitative estimate of drug-likeness (QED) is 0.121. The highest BCUT2D eigenvalue weighted by molar-refractivity contribution is 5.78. The van der Waals surface area contributed by atoms with Crippen LogP contribution in [0, 0.1) is 0 Å². The summed E-state index contributed by atoms with van der Waals surface area (Å²) in [5.74, 6) is -1.14. The van der Waals surface area contributed by atoms with E-state index in [9.17, 15) is 9.59 Å². The molecule has 0 aliphatic carbocycles. The standard InChI is InChI=1S/C20H41NO2.C3H4O2/c1-3-4-5-6-7-8-9-10-11-12-13-14-15-16-17-18-20(22)23-19(2)21;1-2-3(4)5/h19H,3-18,21H2,1-2H3;2H,1H2,(H,4,5). The van der Waals surface area contributed by atoms with Crippen molar-refractivity contribution in [2.75, 3.05) is 0 Å². The Balaban J connectivity index is 0. The Bertz CT molecular complexity index is 370. The zero-order valence-corrected chi connectivity index (χ0v) is 18.4. The summed E-state index contributed by atoms with van der Waals surface area (Å²) < 4.78 is 4.91. The van der Waals surface area contributed by atoms with Gasteiger partial charge in [-0.2, -0.15) is 0 Å². The number of aliphatic carboxylic acids is 1. The number of carboxylic acids is 1. The van der Waals surface area contributed by atoms with Gasteiger partial charge in [0.2, 0.25) is 0 Å². The van der Waals surface area contributed by atoms with Gasteiger partial charge in [0.1, 0.15) is 6.23 Å². The largest absolute Gasteiger partial charge is 0.478 e. The van der Waals surface area contributed by atoms with E-state index < -0.39 is 12.2 Å². The minimum absolute atomic E-state index is 0.158. The molecule has 5 nitrogen and oxygen atoms in total. The molecule has 1 unspecified atom stereocenters. The first-order chi connectivity index (χ1) is 13.4. The van der Waals surface area contributed by atoms with E-state index in [0.29, 0.717) is 6.42 Å². The van der Waals surface area contributed by atoms with Crippen LogP contribution in [0.3, 0.4) is 0 Å². The van der Waals surface area contributed by atoms with E-state index in [2.05, 4.69) is 13.5 Å². The molecule has 0 aliphatic heterocycles. The van der Waals surface area contributed by atoms with Crippen molar-refractivity contribution in [2.24, 2.45) is 5.73 Å². The number of nitrogens with two attached hydrogens (primary N) is 1. The minimum Gasteiger partial charge on any atom is -0.478 e. The van der Waals surface area contributed by atoms with E-state index >= 15 is 0 Å². The van der Waals surface area contributed by atoms with Crippen LogP contribution in [-0.2, 0) is 14.3 Å². The van der Waals surface area contributed by atoms with Crippen LogP contribution in [0.2, 0.25) is 0 Å². The molecular formula is C23H45NO4. The van der Waals surface area contributed by atoms with Gasteiger partial charge >= 0.3 is 11.9 Å². The lowest BCUT2D eigenvalue weighted by Gasteiger charge is -2.07. The van der Waals surface area contributed by atoms with Crippen LogP contribution in [-0.4, -0.2) is 23.3 Å². The number of rotatable bonds is 18. The Morgan fingerprint density at radius 2 is 1.18 bits per heavy atom. The van der Waals surface area contributed by atoms with Gasteiger partial charge in [-0.25, -0.2) is 4.79 Å². The predicted molar refractivity (Wildman–Crippen MR) is 117 cm³/mol. The molecule has 0 aromatic rings. The van der Waals surface area contributed by atoms with E-state index in [0.717, 1.165) is 18.9 Å². The summed E-state index contributed by atoms with van der Waals surface area (Å²) in [5.41, 5.74) is 5.41. The lowest BCUT2D eigenvalue weighted by molar-refractivity contribution is -0.148. The maximum Gasteiger partial charge on any atom is 0.327 e. The Morgan fingerprint density at radius 3 is 1.46 bits per heavy atom. The fourth-order valence-corrected chi connectivity index (χ4v) is 2.91. The summed E-state index contributed by atoms with van der Waals surface area (Å²) in [7, 11) is 0. The molecule has 0 fully saturated rings. The molecular weight excluding hydrogens is 354 g/mol. The van der Waals surface area contributed by atoms with Crippen LogP contribution in [0.15, 0.2) is 12.7 Å². The number of esters is 1. The molecule has 0 aromatic carbocycles. The number of unbranched alkanes of at least 4 members (excludes halogenated alkanes) is 14. The van der Waals surface area contributed by atoms with E-state index in [1.807, 2.05) is 0 Å². The van der Waals surface area contributed by atoms with Crippen molar-refractivity contribution in [1.29, 1.82) is 0 Å². The second-order valence-corrected chi connectivity index (χ2v) is 7.44. The molecule has 0 radical (unpaired) electrons. The Labute approximate surface area is 173 Å². The molecule has 0 amide bonds. The van der Waals surface area contributed by atoms with Crippen LogP contribution < -0.4 is 5.73 Å². The van der Waals surface area contributed by atoms with E-state index in [-0.39, 0.29) is 5.97 Å². The molecule has 0 aliphatic rings. The molecule has 0 bridgehead atoms. The number of ether oxygens (including phenoxy) is 1. The highest BCUT2D eigenvalue weighted by Gasteiger charge is 2.04. The van der Waals surface area contributed by atoms with Gasteiger partial charge in [0, 0.05) is 12.5 Å². The minimum atomic E-state index is -0.981. The average Bonchev–Trinajstić information content (AvgIpc) is 2.64. The fourth-order valence-electron chi connectivity index (χ4n) is 2.91. The average molecular weight is 400 g/mol. The SMILES string of the molecule is C=CC(=O)O.CCCCCCCCCCCCCCCCCC(=O)OC(C)N. The van der Waals surface area contributed by atoms with Gasteiger partial charge in [-0.15, -0.1) is 0 Å². The summed E-state index contributed by atoms with van der Waals surface area (Å²) in [5, 5.41) is 7.60. The number of hydrogen-bond acceptors (Lipinski definition) is 4. The van der Waals surface area contributed by atoms with E-state index in [1.54, 1.807) is 6.92 Å². The maximum absolute atomic E-state index is 11.3. The van der Waals surface area contributed by atoms with Gasteiger partial charge in [-0.05, 0) is 13.3 Å². The van der Waals surface area contributed by atoms with Crippen molar-refractivity contribution in [3.63, 3.8) is 0 Å².